The zero-order valence-electron chi connectivity index (χ0n) is 33.2. The number of alkyl carbamates (subject to hydrolysis) is 2. The third-order valence-corrected chi connectivity index (χ3v) is 11.7. The molecule has 16 heteroatoms. The molecule has 0 radical (unpaired) electrons. The normalized spacial score (nSPS) is 17.7. The van der Waals surface area contributed by atoms with E-state index >= 15 is 0 Å². The second kappa shape index (κ2) is 18.4. The number of likely N-dealkylation sites (tertiary alicyclic amines) is 2. The molecular weight excluding hydrogens is 773 g/mol. The molecule has 2 aliphatic rings. The topological polar surface area (TPSA) is 184 Å². The second-order valence-corrected chi connectivity index (χ2v) is 15.3. The van der Waals surface area contributed by atoms with E-state index in [4.69, 9.17) is 14.2 Å². The highest BCUT2D eigenvalue weighted by Gasteiger charge is 2.39. The van der Waals surface area contributed by atoms with Gasteiger partial charge in [-0.05, 0) is 79.4 Å². The smallest absolute Gasteiger partial charge is 0.407 e. The van der Waals surface area contributed by atoms with Gasteiger partial charge in [-0.25, -0.2) is 19.6 Å². The predicted molar refractivity (Wildman–Crippen MR) is 220 cm³/mol. The molecule has 0 aliphatic carbocycles. The van der Waals surface area contributed by atoms with E-state index in [2.05, 4.69) is 42.4 Å². The van der Waals surface area contributed by atoms with Crippen LogP contribution in [0.15, 0.2) is 78.4 Å². The van der Waals surface area contributed by atoms with Gasteiger partial charge in [-0.3, -0.25) is 9.59 Å². The number of rotatable bonds is 11. The number of nitrogens with zero attached hydrogens (tertiary/aromatic N) is 4. The Labute approximate surface area is 345 Å². The van der Waals surface area contributed by atoms with Crippen LogP contribution in [0.1, 0.15) is 78.4 Å². The highest BCUT2D eigenvalue weighted by molar-refractivity contribution is 7.10. The van der Waals surface area contributed by atoms with E-state index in [1.807, 2.05) is 66.0 Å². The molecular formula is C43H46N8O7S. The summed E-state index contributed by atoms with van der Waals surface area (Å²) in [6.07, 6.45) is 4.73. The summed E-state index contributed by atoms with van der Waals surface area (Å²) in [5.74, 6) is 7.40. The monoisotopic (exact) mass is 818 g/mol. The Morgan fingerprint density at radius 2 is 1.25 bits per heavy atom. The summed E-state index contributed by atoms with van der Waals surface area (Å²) in [5, 5.41) is 7.18. The molecule has 0 unspecified atom stereocenters. The van der Waals surface area contributed by atoms with Crippen molar-refractivity contribution in [2.45, 2.75) is 62.9 Å². The molecule has 2 saturated heterocycles. The van der Waals surface area contributed by atoms with E-state index in [0.29, 0.717) is 24.7 Å². The molecule has 5 atom stereocenters. The van der Waals surface area contributed by atoms with Gasteiger partial charge in [0.05, 0.1) is 56.2 Å². The van der Waals surface area contributed by atoms with Crippen molar-refractivity contribution in [1.82, 2.24) is 40.4 Å². The average Bonchev–Trinajstić information content (AvgIpc) is 4.13. The van der Waals surface area contributed by atoms with Crippen LogP contribution in [0.2, 0.25) is 0 Å². The fraction of sp³-hybridized carbons (Fsp3) is 0.349. The first-order valence-electron chi connectivity index (χ1n) is 19.4. The Hall–Kier alpha value is -6.44. The molecule has 0 bridgehead atoms. The lowest BCUT2D eigenvalue weighted by Crippen LogP contribution is -2.54. The van der Waals surface area contributed by atoms with Crippen molar-refractivity contribution < 1.29 is 33.4 Å². The van der Waals surface area contributed by atoms with Crippen LogP contribution in [0.25, 0.3) is 22.5 Å². The summed E-state index contributed by atoms with van der Waals surface area (Å²) < 4.78 is 14.9. The van der Waals surface area contributed by atoms with Crippen LogP contribution in [0.4, 0.5) is 9.59 Å². The first-order valence-corrected chi connectivity index (χ1v) is 20.2. The van der Waals surface area contributed by atoms with E-state index in [0.717, 1.165) is 64.2 Å². The van der Waals surface area contributed by atoms with Crippen LogP contribution in [-0.4, -0.2) is 100 Å². The Morgan fingerprint density at radius 3 is 1.73 bits per heavy atom. The fourth-order valence-electron chi connectivity index (χ4n) is 7.48. The van der Waals surface area contributed by atoms with Crippen LogP contribution >= 0.6 is 11.3 Å². The summed E-state index contributed by atoms with van der Waals surface area (Å²) in [6.45, 7) is 2.82. The van der Waals surface area contributed by atoms with Crippen LogP contribution in [0.5, 0.6) is 0 Å². The summed E-state index contributed by atoms with van der Waals surface area (Å²) >= 11 is 1.40. The van der Waals surface area contributed by atoms with Gasteiger partial charge < -0.3 is 44.6 Å². The number of aromatic nitrogens is 4. The van der Waals surface area contributed by atoms with Gasteiger partial charge in [0.2, 0.25) is 5.91 Å². The first-order chi connectivity index (χ1) is 28.7. The van der Waals surface area contributed by atoms with Crippen molar-refractivity contribution >= 4 is 35.3 Å². The van der Waals surface area contributed by atoms with Gasteiger partial charge in [0.1, 0.15) is 23.7 Å². The number of imidazole rings is 2. The molecule has 7 rings (SSSR count). The predicted octanol–water partition coefficient (Wildman–Crippen LogP) is 6.11. The number of benzene rings is 2. The van der Waals surface area contributed by atoms with Gasteiger partial charge in [-0.15, -0.1) is 11.3 Å². The maximum atomic E-state index is 13.8. The van der Waals surface area contributed by atoms with Crippen molar-refractivity contribution in [2.24, 2.45) is 0 Å². The van der Waals surface area contributed by atoms with E-state index in [9.17, 15) is 19.2 Å². The standard InChI is InChI=1S/C43H46N8O7S/c1-26(56-2)36(48-42(54)57-3)40(52)50-21-5-8-33(50)38-44-24-31(46-38)29-17-13-27(14-18-29)11-12-28-15-19-30(20-16-28)32-25-45-39(47-32)34-9-6-22-51(34)41(53)37(49-43(55)58-4)35-10-7-23-59-35/h7,10,13-20,23-26,33-34,36-37H,5-6,8-9,21-22H2,1-4H3,(H,44,46)(H,45,47)(H,48,54)(H,49,55)/t26-,33+,34+,36+,37-/m1/s1. The van der Waals surface area contributed by atoms with Crippen molar-refractivity contribution in [1.29, 1.82) is 0 Å². The number of aromatic amines is 2. The SMILES string of the molecule is COC(=O)N[C@H](C(=O)N1CCC[C@H]1c1ncc(-c2ccc(C#Cc3ccc(-c4cnc([C@@H]5CCCN5C(=O)[C@H](NC(=O)OC)c5cccs5)[nH]4)cc3)cc2)[nH]1)[C@@H](C)OC. The number of ether oxygens (including phenoxy) is 3. The maximum absolute atomic E-state index is 13.8. The van der Waals surface area contributed by atoms with Crippen molar-refractivity contribution in [2.75, 3.05) is 34.4 Å². The largest absolute Gasteiger partial charge is 0.453 e. The van der Waals surface area contributed by atoms with Crippen LogP contribution < -0.4 is 10.6 Å². The third kappa shape index (κ3) is 9.16. The lowest BCUT2D eigenvalue weighted by Gasteiger charge is -2.30. The number of methoxy groups -OCH3 is 3. The highest BCUT2D eigenvalue weighted by Crippen LogP contribution is 2.35. The molecule has 0 saturated carbocycles. The molecule has 4 N–H and O–H groups in total. The summed E-state index contributed by atoms with van der Waals surface area (Å²) in [6, 6.07) is 17.2. The minimum absolute atomic E-state index is 0.202. The number of H-pyrrole nitrogens is 2. The molecule has 0 spiro atoms. The Morgan fingerprint density at radius 1 is 0.746 bits per heavy atom. The van der Waals surface area contributed by atoms with Gasteiger partial charge in [-0.2, -0.15) is 0 Å². The van der Waals surface area contributed by atoms with E-state index in [-0.39, 0.29) is 23.9 Å². The Kier molecular flexibility index (Phi) is 12.7. The minimum Gasteiger partial charge on any atom is -0.453 e. The van der Waals surface area contributed by atoms with Crippen LogP contribution in [0, 0.1) is 11.8 Å². The molecule has 3 aromatic heterocycles. The van der Waals surface area contributed by atoms with Crippen molar-refractivity contribution in [3.05, 3.63) is 106 Å². The maximum Gasteiger partial charge on any atom is 0.407 e. The van der Waals surface area contributed by atoms with Gasteiger partial charge in [-0.1, -0.05) is 42.2 Å². The van der Waals surface area contributed by atoms with Gasteiger partial charge in [0.15, 0.2) is 0 Å². The average molecular weight is 819 g/mol. The summed E-state index contributed by atoms with van der Waals surface area (Å²) in [4.78, 5) is 71.8. The summed E-state index contributed by atoms with van der Waals surface area (Å²) in [7, 11) is 4.03. The third-order valence-electron chi connectivity index (χ3n) is 10.7. The van der Waals surface area contributed by atoms with Crippen molar-refractivity contribution in [3.63, 3.8) is 0 Å². The Balaban J connectivity index is 0.977. The zero-order valence-corrected chi connectivity index (χ0v) is 34.0. The lowest BCUT2D eigenvalue weighted by molar-refractivity contribution is -0.137. The summed E-state index contributed by atoms with van der Waals surface area (Å²) in [5.41, 5.74) is 5.20. The fourth-order valence-corrected chi connectivity index (χ4v) is 8.25. The van der Waals surface area contributed by atoms with Crippen LogP contribution in [-0.2, 0) is 23.8 Å². The highest BCUT2D eigenvalue weighted by atomic mass is 32.1. The lowest BCUT2D eigenvalue weighted by atomic mass is 10.1. The molecule has 5 heterocycles. The molecule has 5 aromatic rings. The second-order valence-electron chi connectivity index (χ2n) is 14.3. The molecule has 4 amide bonds. The van der Waals surface area contributed by atoms with Gasteiger partial charge >= 0.3 is 12.2 Å². The van der Waals surface area contributed by atoms with Gasteiger partial charge in [0, 0.05) is 36.2 Å². The minimum atomic E-state index is -0.900. The van der Waals surface area contributed by atoms with E-state index in [1.54, 1.807) is 29.1 Å². The molecule has 15 nitrogen and oxygen atoms in total. The molecule has 2 aromatic carbocycles. The molecule has 2 fully saturated rings. The van der Waals surface area contributed by atoms with E-state index < -0.39 is 30.4 Å². The van der Waals surface area contributed by atoms with Crippen LogP contribution in [0.3, 0.4) is 0 Å². The number of thiophene rings is 1. The quantitative estimate of drug-likeness (QED) is 0.114. The van der Waals surface area contributed by atoms with Gasteiger partial charge in [0.25, 0.3) is 5.91 Å². The number of hydrogen-bond donors (Lipinski definition) is 4. The number of carbonyl (C=O) groups excluding carboxylic acids is 4. The Bertz CT molecular complexity index is 2310. The molecule has 306 valence electrons. The molecule has 2 aliphatic heterocycles. The number of carbonyl (C=O) groups is 4. The first kappa shape index (κ1) is 40.7. The number of hydrogen-bond acceptors (Lipinski definition) is 10. The number of nitrogens with one attached hydrogen (secondary N) is 4. The van der Waals surface area contributed by atoms with E-state index in [1.165, 1.54) is 32.7 Å². The molecule has 59 heavy (non-hydrogen) atoms. The zero-order chi connectivity index (χ0) is 41.5. The van der Waals surface area contributed by atoms with Crippen molar-refractivity contribution in [3.8, 4) is 34.4 Å². The number of amides is 4.